The van der Waals surface area contributed by atoms with Crippen LogP contribution in [0.25, 0.3) is 0 Å². The number of carbonyl (C=O) groups excluding carboxylic acids is 1. The van der Waals surface area contributed by atoms with Crippen LogP contribution in [-0.2, 0) is 4.83 Å². The van der Waals surface area contributed by atoms with E-state index in [4.69, 9.17) is 11.0 Å². The van der Waals surface area contributed by atoms with Gasteiger partial charge in [-0.3, -0.25) is 16.5 Å². The minimum absolute atomic E-state index is 0.222. The van der Waals surface area contributed by atoms with Gasteiger partial charge < -0.3 is 10.9 Å². The van der Waals surface area contributed by atoms with Gasteiger partial charge >= 0.3 is 46.8 Å². The van der Waals surface area contributed by atoms with E-state index in [9.17, 15) is 4.79 Å². The molecule has 2 aliphatic rings. The molecule has 0 unspecified atom stereocenters. The predicted octanol–water partition coefficient (Wildman–Crippen LogP) is -0.0677. The Kier molecular flexibility index (Phi) is 30.2. The number of Topliss-reactive ketones (excluding diaryl/α,β-unsaturated/α-hetero) is 1. The van der Waals surface area contributed by atoms with Crippen molar-refractivity contribution in [1.29, 1.82) is 0 Å². The molecule has 0 aromatic heterocycles. The van der Waals surface area contributed by atoms with Crippen molar-refractivity contribution in [3.8, 4) is 0 Å². The Morgan fingerprint density at radius 1 is 0.947 bits per heavy atom. The van der Waals surface area contributed by atoms with Crippen LogP contribution in [0.15, 0.2) is 5.10 Å². The Labute approximate surface area is 148 Å². The molecule has 0 saturated heterocycles. The average Bonchev–Trinajstić information content (AvgIpc) is 3.19. The first-order valence-electron chi connectivity index (χ1n) is 6.17. The molecule has 7 N–H and O–H groups in total. The maximum absolute atomic E-state index is 10.2. The van der Waals surface area contributed by atoms with Gasteiger partial charge in [-0.05, 0) is 38.5 Å². The standard InChI is InChI=1S/C5H10N2.C5H8O.CH4O.Ba.H4N2.O/c6-7-5-3-1-2-4-5;6-5-3-1-2-4-5;1-2;;1-2;/h1-4,6H2;1-4H2;2H,1H3;;1-2H2;. The van der Waals surface area contributed by atoms with Crippen LogP contribution in [-0.4, -0.2) is 70.4 Å². The molecule has 0 spiro atoms. The van der Waals surface area contributed by atoms with Gasteiger partial charge in [0.1, 0.15) is 5.78 Å². The fraction of sp³-hybridized carbons (Fsp3) is 0.818. The van der Waals surface area contributed by atoms with Crippen molar-refractivity contribution in [2.24, 2.45) is 22.6 Å². The molecule has 7 nitrogen and oxygen atoms in total. The third-order valence-electron chi connectivity index (χ3n) is 2.52. The second kappa shape index (κ2) is 23.5. The van der Waals surface area contributed by atoms with E-state index in [0.29, 0.717) is 5.78 Å². The van der Waals surface area contributed by atoms with E-state index in [1.807, 2.05) is 0 Å². The quantitative estimate of drug-likeness (QED) is 0.255. The minimum atomic E-state index is -0.222. The summed E-state index contributed by atoms with van der Waals surface area (Å²) < 4.78 is 8.44. The SMILES string of the molecule is CO.NN.NN=C1CCCC1.O=C1CCCC1.[O]=[Ba]. The zero-order valence-corrected chi connectivity index (χ0v) is 16.2. The van der Waals surface area contributed by atoms with Gasteiger partial charge in [-0.2, -0.15) is 5.10 Å². The normalized spacial score (nSPS) is 15.5. The first-order chi connectivity index (χ1) is 9.33. The molecule has 0 amide bonds. The zero-order valence-electron chi connectivity index (χ0n) is 11.8. The molecule has 2 aliphatic carbocycles. The Hall–Kier alpha value is 0.391. The van der Waals surface area contributed by atoms with Crippen molar-refractivity contribution < 1.29 is 9.94 Å². The van der Waals surface area contributed by atoms with Crippen LogP contribution in [0.1, 0.15) is 51.4 Å². The van der Waals surface area contributed by atoms with Crippen LogP contribution < -0.4 is 17.5 Å². The van der Waals surface area contributed by atoms with Gasteiger partial charge in [-0.1, -0.05) is 0 Å². The molecule has 2 rings (SSSR count). The van der Waals surface area contributed by atoms with Gasteiger partial charge in [0.25, 0.3) is 0 Å². The zero-order chi connectivity index (χ0) is 15.5. The summed E-state index contributed by atoms with van der Waals surface area (Å²) in [6.07, 6.45) is 8.82. The molecule has 0 heterocycles. The number of carbonyl (C=O) groups is 1. The van der Waals surface area contributed by atoms with E-state index in [2.05, 4.69) is 16.8 Å². The number of aliphatic hydroxyl groups excluding tert-OH is 1. The molecule has 0 aromatic carbocycles. The van der Waals surface area contributed by atoms with Crippen molar-refractivity contribution in [3.05, 3.63) is 0 Å². The number of nitrogens with zero attached hydrogens (tertiary/aromatic N) is 1. The number of rotatable bonds is 0. The van der Waals surface area contributed by atoms with Crippen LogP contribution in [0.5, 0.6) is 0 Å². The number of hydrazone groups is 1. The third-order valence-corrected chi connectivity index (χ3v) is 2.52. The summed E-state index contributed by atoms with van der Waals surface area (Å²) in [5.41, 5.74) is 1.19. The molecule has 2 saturated carbocycles. The predicted molar refractivity (Wildman–Crippen MR) is 76.5 cm³/mol. The Morgan fingerprint density at radius 3 is 1.42 bits per heavy atom. The average molecular weight is 400 g/mol. The van der Waals surface area contributed by atoms with Crippen LogP contribution in [0.2, 0.25) is 0 Å². The molecule has 0 aliphatic heterocycles. The van der Waals surface area contributed by atoms with Gasteiger partial charge in [0.05, 0.1) is 0 Å². The molecule has 19 heavy (non-hydrogen) atoms. The summed E-state index contributed by atoms with van der Waals surface area (Å²) in [5.74, 6) is 13.5. The van der Waals surface area contributed by atoms with Crippen molar-refractivity contribution >= 4 is 58.2 Å². The Bertz CT molecular complexity index is 212. The molecule has 2 fully saturated rings. The summed E-state index contributed by atoms with van der Waals surface area (Å²) >= 11 is -0.222. The Morgan fingerprint density at radius 2 is 1.26 bits per heavy atom. The number of hydrogen-bond donors (Lipinski definition) is 4. The van der Waals surface area contributed by atoms with E-state index in [-0.39, 0.29) is 46.7 Å². The maximum atomic E-state index is 10.2. The van der Waals surface area contributed by atoms with E-state index >= 15 is 0 Å². The number of aliphatic hydroxyl groups is 1. The fourth-order valence-electron chi connectivity index (χ4n) is 1.68. The van der Waals surface area contributed by atoms with Crippen molar-refractivity contribution in [3.63, 3.8) is 0 Å². The number of nitrogens with two attached hydrogens (primary N) is 3. The van der Waals surface area contributed by atoms with Crippen molar-refractivity contribution in [2.75, 3.05) is 7.11 Å². The summed E-state index contributed by atoms with van der Waals surface area (Å²) in [6.45, 7) is 0. The molecular weight excluding hydrogens is 373 g/mol. The first-order valence-corrected chi connectivity index (χ1v) is 7.98. The second-order valence-corrected chi connectivity index (χ2v) is 3.65. The fourth-order valence-corrected chi connectivity index (χ4v) is 1.68. The first kappa shape index (κ1) is 24.4. The summed E-state index contributed by atoms with van der Waals surface area (Å²) in [7, 11) is 1.00. The Balaban J connectivity index is -0.000000195. The molecule has 0 bridgehead atoms. The molecular formula is C11H26BaN4O3. The summed E-state index contributed by atoms with van der Waals surface area (Å²) in [5, 5.41) is 10.6. The van der Waals surface area contributed by atoms with Crippen LogP contribution in [0.4, 0.5) is 0 Å². The summed E-state index contributed by atoms with van der Waals surface area (Å²) in [4.78, 5) is 10.2. The topological polar surface area (TPSA) is 145 Å². The van der Waals surface area contributed by atoms with Crippen LogP contribution in [0, 0.1) is 0 Å². The van der Waals surface area contributed by atoms with E-state index < -0.39 is 0 Å². The monoisotopic (exact) mass is 400 g/mol. The number of hydrogen-bond acceptors (Lipinski definition) is 7. The number of hydrazine groups is 1. The second-order valence-electron chi connectivity index (χ2n) is 3.65. The molecule has 0 atom stereocenters. The molecule has 110 valence electrons. The van der Waals surface area contributed by atoms with Crippen LogP contribution >= 0.6 is 0 Å². The molecule has 8 heteroatoms. The third kappa shape index (κ3) is 18.4. The molecule has 0 radical (unpaired) electrons. The van der Waals surface area contributed by atoms with Gasteiger partial charge in [-0.25, -0.2) is 0 Å². The van der Waals surface area contributed by atoms with Gasteiger partial charge in [0.15, 0.2) is 0 Å². The van der Waals surface area contributed by atoms with E-state index in [1.165, 1.54) is 18.6 Å². The molecule has 0 aromatic rings. The van der Waals surface area contributed by atoms with E-state index in [0.717, 1.165) is 45.6 Å². The van der Waals surface area contributed by atoms with Crippen molar-refractivity contribution in [1.82, 2.24) is 0 Å². The summed E-state index contributed by atoms with van der Waals surface area (Å²) in [6, 6.07) is 0. The van der Waals surface area contributed by atoms with Gasteiger partial charge in [-0.15, -0.1) is 0 Å². The van der Waals surface area contributed by atoms with Crippen LogP contribution in [0.3, 0.4) is 0 Å². The van der Waals surface area contributed by atoms with E-state index in [1.54, 1.807) is 0 Å². The number of ketones is 1. The van der Waals surface area contributed by atoms with Gasteiger partial charge in [0.2, 0.25) is 0 Å². The van der Waals surface area contributed by atoms with Crippen molar-refractivity contribution in [2.45, 2.75) is 51.4 Å². The van der Waals surface area contributed by atoms with Gasteiger partial charge in [0, 0.05) is 25.7 Å².